The van der Waals surface area contributed by atoms with E-state index in [9.17, 15) is 4.79 Å². The summed E-state index contributed by atoms with van der Waals surface area (Å²) >= 11 is 18.9. The summed E-state index contributed by atoms with van der Waals surface area (Å²) in [5.74, 6) is 0.573. The molecule has 2 saturated heterocycles. The molecule has 2 aromatic rings. The molecule has 0 saturated carbocycles. The number of hydrogen-bond acceptors (Lipinski definition) is 5. The van der Waals surface area contributed by atoms with E-state index in [0.29, 0.717) is 38.2 Å². The van der Waals surface area contributed by atoms with Gasteiger partial charge in [0.2, 0.25) is 0 Å². The zero-order chi connectivity index (χ0) is 21.1. The fourth-order valence-corrected chi connectivity index (χ4v) is 5.05. The molecule has 0 radical (unpaired) electrons. The fraction of sp³-hybridized carbons (Fsp3) is 0.273. The highest BCUT2D eigenvalue weighted by Crippen LogP contribution is 2.35. The minimum absolute atomic E-state index is 0.0617. The van der Waals surface area contributed by atoms with E-state index in [-0.39, 0.29) is 12.0 Å². The summed E-state index contributed by atoms with van der Waals surface area (Å²) in [5.41, 5.74) is 1.64. The second-order valence-corrected chi connectivity index (χ2v) is 9.51. The van der Waals surface area contributed by atoms with Crippen LogP contribution in [0.15, 0.2) is 47.4 Å². The topological polar surface area (TPSA) is 38.8 Å². The Hall–Kier alpha value is -1.57. The van der Waals surface area contributed by atoms with Gasteiger partial charge < -0.3 is 9.47 Å². The minimum Gasteiger partial charge on any atom is -0.488 e. The van der Waals surface area contributed by atoms with Crippen LogP contribution >= 0.6 is 47.2 Å². The molecule has 2 aliphatic rings. The van der Waals surface area contributed by atoms with E-state index in [2.05, 4.69) is 0 Å². The lowest BCUT2D eigenvalue weighted by molar-refractivity contribution is -0.123. The molecule has 30 heavy (non-hydrogen) atoms. The van der Waals surface area contributed by atoms with Crippen molar-refractivity contribution in [1.82, 2.24) is 4.90 Å². The highest BCUT2D eigenvalue weighted by atomic mass is 35.5. The zero-order valence-corrected chi connectivity index (χ0v) is 19.1. The molecule has 2 aromatic carbocycles. The van der Waals surface area contributed by atoms with Crippen LogP contribution in [0.2, 0.25) is 10.0 Å². The van der Waals surface area contributed by atoms with Crippen LogP contribution in [0.1, 0.15) is 24.0 Å². The molecule has 156 valence electrons. The lowest BCUT2D eigenvalue weighted by Crippen LogP contribution is -2.35. The standard InChI is InChI=1S/C22H19Cl2NO3S2/c23-16-8-7-15(18(24)11-16)13-28-19-6-2-1-4-14(19)10-20-21(26)25(22(29)30-20)12-17-5-3-9-27-17/h1-2,4,6-8,10-11,17H,3,5,9,12-13H2/b20-10-/t17-/m1/s1. The summed E-state index contributed by atoms with van der Waals surface area (Å²) in [6.45, 7) is 1.55. The molecule has 0 N–H and O–H groups in total. The van der Waals surface area contributed by atoms with Crippen molar-refractivity contribution in [2.24, 2.45) is 0 Å². The van der Waals surface area contributed by atoms with Gasteiger partial charge in [-0.1, -0.05) is 71.4 Å². The molecule has 2 aliphatic heterocycles. The van der Waals surface area contributed by atoms with Crippen LogP contribution in [0.25, 0.3) is 6.08 Å². The molecule has 1 amide bonds. The van der Waals surface area contributed by atoms with Crippen molar-refractivity contribution in [3.8, 4) is 5.75 Å². The van der Waals surface area contributed by atoms with Gasteiger partial charge in [-0.2, -0.15) is 0 Å². The molecule has 0 spiro atoms. The first-order valence-corrected chi connectivity index (χ1v) is 11.5. The number of rotatable bonds is 6. The van der Waals surface area contributed by atoms with Crippen LogP contribution in [0, 0.1) is 0 Å². The van der Waals surface area contributed by atoms with Crippen molar-refractivity contribution in [3.63, 3.8) is 0 Å². The molecule has 2 heterocycles. The molecular formula is C22H19Cl2NO3S2. The summed E-state index contributed by atoms with van der Waals surface area (Å²) in [6.07, 6.45) is 3.87. The van der Waals surface area contributed by atoms with Crippen LogP contribution in [0.4, 0.5) is 0 Å². The lowest BCUT2D eigenvalue weighted by atomic mass is 10.1. The number of amides is 1. The van der Waals surface area contributed by atoms with Crippen LogP contribution in [0.3, 0.4) is 0 Å². The highest BCUT2D eigenvalue weighted by molar-refractivity contribution is 8.26. The molecule has 0 unspecified atom stereocenters. The maximum absolute atomic E-state index is 12.9. The number of halogens is 2. The molecule has 8 heteroatoms. The Morgan fingerprint density at radius 1 is 1.27 bits per heavy atom. The number of carbonyl (C=O) groups is 1. The van der Waals surface area contributed by atoms with E-state index >= 15 is 0 Å². The van der Waals surface area contributed by atoms with Gasteiger partial charge in [0.05, 0.1) is 17.6 Å². The molecule has 1 atom stereocenters. The third-order valence-corrected chi connectivity index (χ3v) is 6.85. The lowest BCUT2D eigenvalue weighted by Gasteiger charge is -2.18. The fourth-order valence-electron chi connectivity index (χ4n) is 3.32. The average Bonchev–Trinajstić information content (AvgIpc) is 3.33. The molecule has 4 nitrogen and oxygen atoms in total. The molecule has 0 bridgehead atoms. The monoisotopic (exact) mass is 479 g/mol. The zero-order valence-electron chi connectivity index (χ0n) is 16.0. The second kappa shape index (κ2) is 9.71. The summed E-state index contributed by atoms with van der Waals surface area (Å²) < 4.78 is 12.2. The van der Waals surface area contributed by atoms with E-state index in [0.717, 1.165) is 30.6 Å². The number of thiocarbonyl (C=S) groups is 1. The SMILES string of the molecule is O=C1/C(=C/c2ccccc2OCc2ccc(Cl)cc2Cl)SC(=S)N1C[C@H]1CCCO1. The van der Waals surface area contributed by atoms with Gasteiger partial charge in [0, 0.05) is 27.8 Å². The summed E-state index contributed by atoms with van der Waals surface area (Å²) in [6, 6.07) is 12.9. The maximum atomic E-state index is 12.9. The molecule has 4 rings (SSSR count). The van der Waals surface area contributed by atoms with Gasteiger partial charge in [-0.05, 0) is 37.1 Å². The van der Waals surface area contributed by atoms with E-state index in [4.69, 9.17) is 44.9 Å². The Morgan fingerprint density at radius 2 is 2.10 bits per heavy atom. The Bertz CT molecular complexity index is 1010. The predicted molar refractivity (Wildman–Crippen MR) is 126 cm³/mol. The predicted octanol–water partition coefficient (Wildman–Crippen LogP) is 5.95. The van der Waals surface area contributed by atoms with Gasteiger partial charge in [-0.15, -0.1) is 0 Å². The Kier molecular flexibility index (Phi) is 7.01. The van der Waals surface area contributed by atoms with Crippen molar-refractivity contribution < 1.29 is 14.3 Å². The number of nitrogens with zero attached hydrogens (tertiary/aromatic N) is 1. The minimum atomic E-state index is -0.0870. The Balaban J connectivity index is 1.49. The van der Waals surface area contributed by atoms with Crippen molar-refractivity contribution in [2.45, 2.75) is 25.6 Å². The van der Waals surface area contributed by atoms with Gasteiger partial charge in [-0.25, -0.2) is 0 Å². The van der Waals surface area contributed by atoms with Crippen LogP contribution in [-0.2, 0) is 16.1 Å². The molecule has 0 aromatic heterocycles. The molecule has 2 fully saturated rings. The van der Waals surface area contributed by atoms with E-state index in [1.165, 1.54) is 11.8 Å². The molecule has 0 aliphatic carbocycles. The Labute approximate surface area is 195 Å². The van der Waals surface area contributed by atoms with Gasteiger partial charge in [0.25, 0.3) is 5.91 Å². The number of carbonyl (C=O) groups excluding carboxylic acids is 1. The van der Waals surface area contributed by atoms with Crippen LogP contribution in [0.5, 0.6) is 5.75 Å². The third-order valence-electron chi connectivity index (χ3n) is 4.89. The quantitative estimate of drug-likeness (QED) is 0.377. The number of thioether (sulfide) groups is 1. The number of benzene rings is 2. The summed E-state index contributed by atoms with van der Waals surface area (Å²) in [4.78, 5) is 15.1. The highest BCUT2D eigenvalue weighted by Gasteiger charge is 2.34. The van der Waals surface area contributed by atoms with Crippen molar-refractivity contribution in [1.29, 1.82) is 0 Å². The van der Waals surface area contributed by atoms with Gasteiger partial charge >= 0.3 is 0 Å². The summed E-state index contributed by atoms with van der Waals surface area (Å²) in [7, 11) is 0. The van der Waals surface area contributed by atoms with Crippen molar-refractivity contribution >= 4 is 63.5 Å². The van der Waals surface area contributed by atoms with Gasteiger partial charge in [-0.3, -0.25) is 9.69 Å². The van der Waals surface area contributed by atoms with E-state index in [1.807, 2.05) is 36.4 Å². The van der Waals surface area contributed by atoms with Crippen LogP contribution in [-0.4, -0.2) is 34.4 Å². The average molecular weight is 480 g/mol. The normalized spacial score (nSPS) is 20.4. The smallest absolute Gasteiger partial charge is 0.266 e. The molecular weight excluding hydrogens is 461 g/mol. The van der Waals surface area contributed by atoms with Crippen LogP contribution < -0.4 is 4.74 Å². The second-order valence-electron chi connectivity index (χ2n) is 6.99. The van der Waals surface area contributed by atoms with Gasteiger partial charge in [0.1, 0.15) is 16.7 Å². The number of ether oxygens (including phenoxy) is 2. The summed E-state index contributed by atoms with van der Waals surface area (Å²) in [5, 5.41) is 1.13. The first-order valence-electron chi connectivity index (χ1n) is 9.54. The van der Waals surface area contributed by atoms with Crippen molar-refractivity contribution in [2.75, 3.05) is 13.2 Å². The number of hydrogen-bond donors (Lipinski definition) is 0. The van der Waals surface area contributed by atoms with Crippen molar-refractivity contribution in [3.05, 3.63) is 68.5 Å². The maximum Gasteiger partial charge on any atom is 0.266 e. The largest absolute Gasteiger partial charge is 0.488 e. The first-order chi connectivity index (χ1) is 14.5. The third kappa shape index (κ3) is 5.01. The first kappa shape index (κ1) is 21.7. The Morgan fingerprint density at radius 3 is 2.87 bits per heavy atom. The van der Waals surface area contributed by atoms with Gasteiger partial charge in [0.15, 0.2) is 0 Å². The number of para-hydroxylation sites is 1. The van der Waals surface area contributed by atoms with E-state index in [1.54, 1.807) is 17.0 Å². The van der Waals surface area contributed by atoms with E-state index < -0.39 is 0 Å².